The number of halogens is 2. The molecule has 0 N–H and O–H groups in total. The van der Waals surface area contributed by atoms with Crippen LogP contribution < -0.4 is 0 Å². The van der Waals surface area contributed by atoms with E-state index in [0.29, 0.717) is 4.47 Å². The lowest BCUT2D eigenvalue weighted by atomic mass is 10.1. The van der Waals surface area contributed by atoms with E-state index < -0.39 is 15.0 Å². The van der Waals surface area contributed by atoms with Crippen LogP contribution in [0.5, 0.6) is 0 Å². The summed E-state index contributed by atoms with van der Waals surface area (Å²) in [5.74, 6) is -0.550. The van der Waals surface area contributed by atoms with Crippen LogP contribution in [0.25, 0.3) is 0 Å². The number of ether oxygens (including phenoxy) is 1. The van der Waals surface area contributed by atoms with Crippen LogP contribution in [0.4, 0.5) is 0 Å². The van der Waals surface area contributed by atoms with Crippen molar-refractivity contribution in [3.8, 4) is 0 Å². The lowest BCUT2D eigenvalue weighted by Crippen LogP contribution is -2.16. The highest BCUT2D eigenvalue weighted by molar-refractivity contribution is 9.10. The first-order valence-corrected chi connectivity index (χ1v) is 9.22. The van der Waals surface area contributed by atoms with E-state index in [-0.39, 0.29) is 22.1 Å². The molecule has 0 aliphatic heterocycles. The van der Waals surface area contributed by atoms with Crippen LogP contribution in [0.15, 0.2) is 21.5 Å². The van der Waals surface area contributed by atoms with Gasteiger partial charge in [-0.3, -0.25) is 0 Å². The lowest BCUT2D eigenvalue weighted by molar-refractivity contribution is 0.0322. The molecular weight excluding hydrogens is 368 g/mol. The minimum atomic E-state index is -3.92. The maximum atomic E-state index is 12.1. The van der Waals surface area contributed by atoms with Crippen LogP contribution in [0.2, 0.25) is 0 Å². The summed E-state index contributed by atoms with van der Waals surface area (Å²) >= 11 is 3.17. The van der Waals surface area contributed by atoms with E-state index in [1.165, 1.54) is 19.1 Å². The smallest absolute Gasteiger partial charge is 0.338 e. The van der Waals surface area contributed by atoms with Crippen molar-refractivity contribution in [3.63, 3.8) is 0 Å². The van der Waals surface area contributed by atoms with Crippen LogP contribution in [-0.2, 0) is 13.8 Å². The summed E-state index contributed by atoms with van der Waals surface area (Å²) in [4.78, 5) is 12.0. The molecule has 0 fully saturated rings. The Morgan fingerprint density at radius 2 is 2.05 bits per heavy atom. The number of benzene rings is 1. The number of carbonyl (C=O) groups is 1. The van der Waals surface area contributed by atoms with E-state index in [2.05, 4.69) is 15.9 Å². The number of carbonyl (C=O) groups excluding carboxylic acids is 1. The van der Waals surface area contributed by atoms with Crippen molar-refractivity contribution in [1.82, 2.24) is 0 Å². The Balaban J connectivity index is 3.19. The van der Waals surface area contributed by atoms with Crippen molar-refractivity contribution >= 4 is 41.6 Å². The maximum absolute atomic E-state index is 12.1. The summed E-state index contributed by atoms with van der Waals surface area (Å²) in [7, 11) is 1.45. The molecule has 0 spiro atoms. The van der Waals surface area contributed by atoms with Gasteiger partial charge in [0.1, 0.15) is 0 Å². The summed E-state index contributed by atoms with van der Waals surface area (Å²) in [6.07, 6.45) is 1.43. The van der Waals surface area contributed by atoms with Crippen LogP contribution in [0.1, 0.15) is 42.6 Å². The van der Waals surface area contributed by atoms with E-state index in [9.17, 15) is 13.2 Å². The van der Waals surface area contributed by atoms with Crippen molar-refractivity contribution in [2.45, 2.75) is 44.6 Å². The normalized spacial score (nSPS) is 13.1. The third kappa shape index (κ3) is 4.46. The van der Waals surface area contributed by atoms with Gasteiger partial charge in [-0.2, -0.15) is 0 Å². The number of hydrogen-bond acceptors (Lipinski definition) is 4. The SMILES string of the molecule is CCCC(C)OC(=O)c1cc(Br)cc(S(=O)(=O)Cl)c1C. The highest BCUT2D eigenvalue weighted by Crippen LogP contribution is 2.28. The Morgan fingerprint density at radius 3 is 2.55 bits per heavy atom. The average molecular weight is 384 g/mol. The molecule has 0 radical (unpaired) electrons. The Morgan fingerprint density at radius 1 is 1.45 bits per heavy atom. The van der Waals surface area contributed by atoms with E-state index in [1.54, 1.807) is 6.92 Å². The van der Waals surface area contributed by atoms with Crippen molar-refractivity contribution in [2.75, 3.05) is 0 Å². The molecule has 0 heterocycles. The van der Waals surface area contributed by atoms with Gasteiger partial charge >= 0.3 is 5.97 Å². The highest BCUT2D eigenvalue weighted by Gasteiger charge is 2.22. The Kier molecular flexibility index (Phi) is 6.04. The molecule has 0 aliphatic rings. The second-order valence-electron chi connectivity index (χ2n) is 4.52. The second-order valence-corrected chi connectivity index (χ2v) is 7.97. The largest absolute Gasteiger partial charge is 0.459 e. The predicted molar refractivity (Wildman–Crippen MR) is 81.7 cm³/mol. The molecule has 0 bridgehead atoms. The van der Waals surface area contributed by atoms with E-state index >= 15 is 0 Å². The van der Waals surface area contributed by atoms with Gasteiger partial charge in [0.25, 0.3) is 9.05 Å². The predicted octanol–water partition coefficient (Wildman–Crippen LogP) is 4.03. The van der Waals surface area contributed by atoms with Crippen molar-refractivity contribution in [2.24, 2.45) is 0 Å². The van der Waals surface area contributed by atoms with E-state index in [0.717, 1.165) is 12.8 Å². The molecule has 4 nitrogen and oxygen atoms in total. The lowest BCUT2D eigenvalue weighted by Gasteiger charge is -2.14. The van der Waals surface area contributed by atoms with Gasteiger partial charge in [-0.05, 0) is 38.0 Å². The van der Waals surface area contributed by atoms with Gasteiger partial charge < -0.3 is 4.74 Å². The average Bonchev–Trinajstić information content (AvgIpc) is 2.30. The molecule has 1 atom stereocenters. The Hall–Kier alpha value is -0.590. The molecule has 0 saturated carbocycles. The minimum Gasteiger partial charge on any atom is -0.459 e. The Bertz CT molecular complexity index is 613. The molecule has 112 valence electrons. The van der Waals surface area contributed by atoms with Crippen LogP contribution in [0.3, 0.4) is 0 Å². The fourth-order valence-corrected chi connectivity index (χ4v) is 3.66. The van der Waals surface area contributed by atoms with Gasteiger partial charge in [0.05, 0.1) is 16.6 Å². The molecular formula is C13H16BrClO4S. The molecule has 1 unspecified atom stereocenters. The molecule has 0 aromatic heterocycles. The van der Waals surface area contributed by atoms with Crippen LogP contribution >= 0.6 is 26.6 Å². The third-order valence-electron chi connectivity index (χ3n) is 2.81. The van der Waals surface area contributed by atoms with Crippen molar-refractivity contribution in [1.29, 1.82) is 0 Å². The molecule has 0 saturated heterocycles. The van der Waals surface area contributed by atoms with Gasteiger partial charge in [0.2, 0.25) is 0 Å². The topological polar surface area (TPSA) is 60.4 Å². The number of rotatable bonds is 5. The van der Waals surface area contributed by atoms with Gasteiger partial charge in [0.15, 0.2) is 0 Å². The molecule has 0 aliphatic carbocycles. The molecule has 20 heavy (non-hydrogen) atoms. The van der Waals surface area contributed by atoms with Crippen molar-refractivity contribution in [3.05, 3.63) is 27.7 Å². The first-order valence-electron chi connectivity index (χ1n) is 6.12. The third-order valence-corrected chi connectivity index (χ3v) is 4.72. The molecule has 1 aromatic carbocycles. The number of hydrogen-bond donors (Lipinski definition) is 0. The fourth-order valence-electron chi connectivity index (χ4n) is 1.83. The summed E-state index contributed by atoms with van der Waals surface area (Å²) in [6, 6.07) is 2.89. The zero-order valence-electron chi connectivity index (χ0n) is 11.4. The van der Waals surface area contributed by atoms with Gasteiger partial charge in [-0.1, -0.05) is 29.3 Å². The van der Waals surface area contributed by atoms with Crippen LogP contribution in [0, 0.1) is 6.92 Å². The van der Waals surface area contributed by atoms with Crippen LogP contribution in [-0.4, -0.2) is 20.5 Å². The number of esters is 1. The second kappa shape index (κ2) is 6.91. The van der Waals surface area contributed by atoms with E-state index in [4.69, 9.17) is 15.4 Å². The van der Waals surface area contributed by atoms with E-state index in [1.807, 2.05) is 6.92 Å². The quantitative estimate of drug-likeness (QED) is 0.569. The molecule has 1 aromatic rings. The highest BCUT2D eigenvalue weighted by atomic mass is 79.9. The first kappa shape index (κ1) is 17.5. The minimum absolute atomic E-state index is 0.0939. The van der Waals surface area contributed by atoms with Crippen molar-refractivity contribution < 1.29 is 17.9 Å². The zero-order chi connectivity index (χ0) is 15.5. The molecule has 0 amide bonds. The van der Waals surface area contributed by atoms with Gasteiger partial charge in [-0.25, -0.2) is 13.2 Å². The van der Waals surface area contributed by atoms with Gasteiger partial charge in [-0.15, -0.1) is 0 Å². The first-order chi connectivity index (χ1) is 9.16. The summed E-state index contributed by atoms with van der Waals surface area (Å²) in [6.45, 7) is 5.32. The Labute approximate surface area is 132 Å². The monoisotopic (exact) mass is 382 g/mol. The van der Waals surface area contributed by atoms with Gasteiger partial charge in [0, 0.05) is 15.2 Å². The summed E-state index contributed by atoms with van der Waals surface area (Å²) in [5, 5.41) is 0. The molecule has 7 heteroatoms. The summed E-state index contributed by atoms with van der Waals surface area (Å²) < 4.78 is 28.7. The standard InChI is InChI=1S/C13H16BrClO4S/c1-4-5-8(2)19-13(16)11-6-10(14)7-12(9(11)3)20(15,17)18/h6-8H,4-5H2,1-3H3. The molecule has 1 rings (SSSR count). The maximum Gasteiger partial charge on any atom is 0.338 e. The fraction of sp³-hybridized carbons (Fsp3) is 0.462. The summed E-state index contributed by atoms with van der Waals surface area (Å²) in [5.41, 5.74) is 0.485. The zero-order valence-corrected chi connectivity index (χ0v) is 14.6.